The van der Waals surface area contributed by atoms with Gasteiger partial charge in [0.25, 0.3) is 8.32 Å². The summed E-state index contributed by atoms with van der Waals surface area (Å²) in [5.41, 5.74) is 1.16. The van der Waals surface area contributed by atoms with Gasteiger partial charge >= 0.3 is 0 Å². The van der Waals surface area contributed by atoms with Crippen LogP contribution in [0.2, 0.25) is 13.1 Å². The molecule has 0 spiro atoms. The highest BCUT2D eigenvalue weighted by Crippen LogP contribution is 2.21. The van der Waals surface area contributed by atoms with Crippen molar-refractivity contribution in [2.75, 3.05) is 0 Å². The van der Waals surface area contributed by atoms with Crippen LogP contribution in [0.15, 0.2) is 84.9 Å². The van der Waals surface area contributed by atoms with Crippen LogP contribution in [0.3, 0.4) is 0 Å². The van der Waals surface area contributed by atoms with E-state index in [4.69, 9.17) is 9.16 Å². The molecule has 0 atom stereocenters. The summed E-state index contributed by atoms with van der Waals surface area (Å²) in [6, 6.07) is 28.5. The van der Waals surface area contributed by atoms with Gasteiger partial charge in [-0.3, -0.25) is 0 Å². The van der Waals surface area contributed by atoms with Crippen LogP contribution in [-0.4, -0.2) is 8.32 Å². The number of hydrogen-bond donors (Lipinski definition) is 0. The summed E-state index contributed by atoms with van der Waals surface area (Å²) in [5, 5.41) is 1.29. The van der Waals surface area contributed by atoms with Crippen molar-refractivity contribution in [3.05, 3.63) is 90.5 Å². The second-order valence-corrected chi connectivity index (χ2v) is 10.0. The molecule has 0 aliphatic heterocycles. The number of ether oxygens (including phenoxy) is 1. The minimum atomic E-state index is -1.95. The van der Waals surface area contributed by atoms with Crippen molar-refractivity contribution in [1.29, 1.82) is 0 Å². The molecule has 3 rings (SSSR count). The predicted molar refractivity (Wildman–Crippen MR) is 101 cm³/mol. The first-order valence-corrected chi connectivity index (χ1v) is 11.1. The Bertz CT molecular complexity index is 753. The maximum Gasteiger partial charge on any atom is 0.276 e. The van der Waals surface area contributed by atoms with Crippen LogP contribution in [0.1, 0.15) is 5.56 Å². The van der Waals surface area contributed by atoms with E-state index in [9.17, 15) is 0 Å². The smallest absolute Gasteiger partial charge is 0.276 e. The molecule has 0 N–H and O–H groups in total. The third-order valence-corrected chi connectivity index (χ3v) is 6.38. The van der Waals surface area contributed by atoms with E-state index >= 15 is 0 Å². The molecular weight excluding hydrogens is 312 g/mol. The Hall–Kier alpha value is -2.52. The molecule has 0 amide bonds. The SMILES string of the molecule is C[Si](C)(Oc1ccc(OCc2ccccc2)cc1)c1ccccc1. The Balaban J connectivity index is 1.62. The van der Waals surface area contributed by atoms with E-state index in [1.54, 1.807) is 0 Å². The number of rotatable bonds is 6. The summed E-state index contributed by atoms with van der Waals surface area (Å²) in [6.07, 6.45) is 0. The van der Waals surface area contributed by atoms with Crippen LogP contribution in [0, 0.1) is 0 Å². The van der Waals surface area contributed by atoms with Gasteiger partial charge in [0.2, 0.25) is 0 Å². The van der Waals surface area contributed by atoms with Gasteiger partial charge < -0.3 is 9.16 Å². The maximum atomic E-state index is 6.29. The first kappa shape index (κ1) is 16.3. The summed E-state index contributed by atoms with van der Waals surface area (Å²) in [4.78, 5) is 0. The van der Waals surface area contributed by atoms with E-state index in [1.807, 2.05) is 48.5 Å². The zero-order chi connectivity index (χ0) is 16.8. The summed E-state index contributed by atoms with van der Waals surface area (Å²) in [5.74, 6) is 1.74. The molecule has 0 aliphatic rings. The van der Waals surface area contributed by atoms with E-state index in [1.165, 1.54) is 5.19 Å². The summed E-state index contributed by atoms with van der Waals surface area (Å²) >= 11 is 0. The molecule has 0 bridgehead atoms. The molecule has 0 unspecified atom stereocenters. The van der Waals surface area contributed by atoms with Crippen LogP contribution in [0.4, 0.5) is 0 Å². The second kappa shape index (κ2) is 7.36. The van der Waals surface area contributed by atoms with Crippen molar-refractivity contribution >= 4 is 13.5 Å². The van der Waals surface area contributed by atoms with Crippen LogP contribution in [0.5, 0.6) is 11.5 Å². The van der Waals surface area contributed by atoms with Crippen LogP contribution in [0.25, 0.3) is 0 Å². The molecule has 24 heavy (non-hydrogen) atoms. The van der Waals surface area contributed by atoms with Crippen molar-refractivity contribution in [3.8, 4) is 11.5 Å². The molecule has 122 valence electrons. The Morgan fingerprint density at radius 2 is 1.21 bits per heavy atom. The van der Waals surface area contributed by atoms with Gasteiger partial charge in [0.15, 0.2) is 0 Å². The van der Waals surface area contributed by atoms with Gasteiger partial charge in [-0.2, -0.15) is 0 Å². The zero-order valence-electron chi connectivity index (χ0n) is 14.1. The Kier molecular flexibility index (Phi) is 5.01. The molecule has 0 radical (unpaired) electrons. The highest BCUT2D eigenvalue weighted by Gasteiger charge is 2.26. The lowest BCUT2D eigenvalue weighted by Crippen LogP contribution is -2.47. The minimum Gasteiger partial charge on any atom is -0.540 e. The first-order chi connectivity index (χ1) is 11.6. The topological polar surface area (TPSA) is 18.5 Å². The fourth-order valence-electron chi connectivity index (χ4n) is 2.54. The van der Waals surface area contributed by atoms with Gasteiger partial charge in [-0.05, 0) is 48.1 Å². The Morgan fingerprint density at radius 1 is 0.667 bits per heavy atom. The normalized spacial score (nSPS) is 11.1. The molecule has 3 heteroatoms. The molecule has 2 nitrogen and oxygen atoms in total. The molecule has 0 aromatic heterocycles. The Labute approximate surface area is 144 Å². The minimum absolute atomic E-state index is 0.575. The van der Waals surface area contributed by atoms with Crippen molar-refractivity contribution in [3.63, 3.8) is 0 Å². The lowest BCUT2D eigenvalue weighted by Gasteiger charge is -2.24. The molecule has 0 saturated carbocycles. The van der Waals surface area contributed by atoms with Crippen molar-refractivity contribution in [2.24, 2.45) is 0 Å². The summed E-state index contributed by atoms with van der Waals surface area (Å²) in [7, 11) is -1.95. The van der Waals surface area contributed by atoms with Gasteiger partial charge in [-0.1, -0.05) is 60.7 Å². The largest absolute Gasteiger partial charge is 0.540 e. The summed E-state index contributed by atoms with van der Waals surface area (Å²) < 4.78 is 12.1. The fourth-order valence-corrected chi connectivity index (χ4v) is 4.38. The van der Waals surface area contributed by atoms with Crippen LogP contribution in [-0.2, 0) is 6.61 Å². The summed E-state index contributed by atoms with van der Waals surface area (Å²) in [6.45, 7) is 5.00. The molecular formula is C21H22O2Si. The molecule has 0 saturated heterocycles. The van der Waals surface area contributed by atoms with E-state index in [0.29, 0.717) is 6.61 Å². The third kappa shape index (κ3) is 4.27. The van der Waals surface area contributed by atoms with Gasteiger partial charge in [-0.25, -0.2) is 0 Å². The van der Waals surface area contributed by atoms with Crippen LogP contribution >= 0.6 is 0 Å². The molecule has 0 heterocycles. The molecule has 3 aromatic rings. The molecule has 0 aliphatic carbocycles. The highest BCUT2D eigenvalue weighted by molar-refractivity contribution is 6.84. The quantitative estimate of drug-likeness (QED) is 0.605. The van der Waals surface area contributed by atoms with Crippen molar-refractivity contribution < 1.29 is 9.16 Å². The molecule has 0 fully saturated rings. The number of hydrogen-bond acceptors (Lipinski definition) is 2. The van der Waals surface area contributed by atoms with Crippen LogP contribution < -0.4 is 14.3 Å². The number of benzene rings is 3. The van der Waals surface area contributed by atoms with Gasteiger partial charge in [0, 0.05) is 0 Å². The van der Waals surface area contributed by atoms with Gasteiger partial charge in [0.1, 0.15) is 18.1 Å². The van der Waals surface area contributed by atoms with E-state index in [-0.39, 0.29) is 0 Å². The van der Waals surface area contributed by atoms with Crippen molar-refractivity contribution in [1.82, 2.24) is 0 Å². The van der Waals surface area contributed by atoms with E-state index in [0.717, 1.165) is 17.1 Å². The average Bonchev–Trinajstić information content (AvgIpc) is 2.62. The lowest BCUT2D eigenvalue weighted by molar-refractivity contribution is 0.306. The molecule has 3 aromatic carbocycles. The first-order valence-electron chi connectivity index (χ1n) is 8.15. The fraction of sp³-hybridized carbons (Fsp3) is 0.143. The van der Waals surface area contributed by atoms with Crippen molar-refractivity contribution in [2.45, 2.75) is 19.7 Å². The second-order valence-electron chi connectivity index (χ2n) is 6.22. The zero-order valence-corrected chi connectivity index (χ0v) is 15.1. The van der Waals surface area contributed by atoms with E-state index in [2.05, 4.69) is 49.5 Å². The standard InChI is InChI=1S/C21H22O2Si/c1-24(2,21-11-7-4-8-12-21)23-20-15-13-19(14-16-20)22-17-18-9-5-3-6-10-18/h3-16H,17H2,1-2H3. The highest BCUT2D eigenvalue weighted by atomic mass is 28.4. The predicted octanol–water partition coefficient (Wildman–Crippen LogP) is 4.76. The van der Waals surface area contributed by atoms with Gasteiger partial charge in [-0.15, -0.1) is 0 Å². The van der Waals surface area contributed by atoms with Gasteiger partial charge in [0.05, 0.1) is 0 Å². The average molecular weight is 334 g/mol. The Morgan fingerprint density at radius 3 is 1.83 bits per heavy atom. The third-order valence-electron chi connectivity index (χ3n) is 3.91. The van der Waals surface area contributed by atoms with E-state index < -0.39 is 8.32 Å². The lowest BCUT2D eigenvalue weighted by atomic mass is 10.2. The maximum absolute atomic E-state index is 6.29. The monoisotopic (exact) mass is 334 g/mol.